The van der Waals surface area contributed by atoms with E-state index in [-0.39, 0.29) is 0 Å². The predicted molar refractivity (Wildman–Crippen MR) is 149 cm³/mol. The number of nitrogens with two attached hydrogens (primary N) is 1. The zero-order valence-corrected chi connectivity index (χ0v) is 22.0. The maximum absolute atomic E-state index is 11.3. The van der Waals surface area contributed by atoms with Crippen LogP contribution in [0.5, 0.6) is 0 Å². The Kier molecular flexibility index (Phi) is 7.50. The zero-order valence-electron chi connectivity index (χ0n) is 21.2. The number of pyridine rings is 1. The van der Waals surface area contributed by atoms with Gasteiger partial charge in [-0.25, -0.2) is 15.0 Å². The van der Waals surface area contributed by atoms with Gasteiger partial charge in [-0.1, -0.05) is 25.5 Å². The third kappa shape index (κ3) is 5.22. The van der Waals surface area contributed by atoms with Gasteiger partial charge in [-0.05, 0) is 48.6 Å². The molecule has 10 heteroatoms. The molecule has 4 aromatic rings. The van der Waals surface area contributed by atoms with Crippen molar-refractivity contribution in [2.45, 2.75) is 44.8 Å². The van der Waals surface area contributed by atoms with E-state index in [1.807, 2.05) is 7.05 Å². The molecule has 9 nitrogen and oxygen atoms in total. The van der Waals surface area contributed by atoms with Crippen LogP contribution in [-0.4, -0.2) is 58.7 Å². The van der Waals surface area contributed by atoms with Crippen LogP contribution in [0.2, 0.25) is 0 Å². The Balaban J connectivity index is 1.26. The van der Waals surface area contributed by atoms with Crippen LogP contribution in [-0.2, 0) is 6.42 Å². The van der Waals surface area contributed by atoms with Gasteiger partial charge in [-0.15, -0.1) is 11.3 Å². The number of amides is 1. The number of nitrogens with one attached hydrogen (secondary N) is 2. The first-order valence-corrected chi connectivity index (χ1v) is 13.6. The van der Waals surface area contributed by atoms with Gasteiger partial charge in [-0.3, -0.25) is 4.79 Å². The summed E-state index contributed by atoms with van der Waals surface area (Å²) in [5.41, 5.74) is 8.78. The Labute approximate surface area is 220 Å². The summed E-state index contributed by atoms with van der Waals surface area (Å²) in [5, 5.41) is 18.4. The number of aliphatic hydroxyl groups is 1. The van der Waals surface area contributed by atoms with E-state index in [2.05, 4.69) is 38.5 Å². The molecule has 1 unspecified atom stereocenters. The summed E-state index contributed by atoms with van der Waals surface area (Å²) < 4.78 is 1.05. The molecule has 4 heterocycles. The number of fused-ring (bicyclic) bond motifs is 3. The summed E-state index contributed by atoms with van der Waals surface area (Å²) in [7, 11) is 1.88. The molecule has 0 saturated carbocycles. The van der Waals surface area contributed by atoms with Crippen molar-refractivity contribution in [3.63, 3.8) is 0 Å². The summed E-state index contributed by atoms with van der Waals surface area (Å²) in [6, 6.07) is 9.38. The van der Waals surface area contributed by atoms with E-state index in [4.69, 9.17) is 10.7 Å². The van der Waals surface area contributed by atoms with E-state index in [0.29, 0.717) is 18.2 Å². The first kappa shape index (κ1) is 25.3. The fourth-order valence-corrected chi connectivity index (χ4v) is 6.18. The van der Waals surface area contributed by atoms with Gasteiger partial charge in [0.15, 0.2) is 0 Å². The van der Waals surface area contributed by atoms with Gasteiger partial charge in [0.1, 0.15) is 22.8 Å². The second-order valence-corrected chi connectivity index (χ2v) is 10.5. The van der Waals surface area contributed by atoms with Crippen molar-refractivity contribution in [1.82, 2.24) is 20.3 Å². The van der Waals surface area contributed by atoms with Crippen LogP contribution in [0.3, 0.4) is 0 Å². The van der Waals surface area contributed by atoms with Gasteiger partial charge >= 0.3 is 0 Å². The van der Waals surface area contributed by atoms with Crippen LogP contribution in [0.1, 0.15) is 53.8 Å². The van der Waals surface area contributed by atoms with E-state index < -0.39 is 12.0 Å². The molecule has 5 N–H and O–H groups in total. The average Bonchev–Trinajstić information content (AvgIpc) is 3.31. The number of aliphatic hydroxyl groups excluding tert-OH is 1. The predicted octanol–water partition coefficient (Wildman–Crippen LogP) is 3.62. The number of anilines is 2. The molecule has 0 bridgehead atoms. The van der Waals surface area contributed by atoms with Gasteiger partial charge in [0, 0.05) is 43.7 Å². The Morgan fingerprint density at radius 3 is 2.68 bits per heavy atom. The molecule has 1 fully saturated rings. The van der Waals surface area contributed by atoms with E-state index in [9.17, 15) is 9.90 Å². The number of carbonyl (C=O) groups excluding carboxylic acids is 1. The molecule has 1 aliphatic heterocycles. The van der Waals surface area contributed by atoms with Crippen molar-refractivity contribution >= 4 is 49.3 Å². The topological polar surface area (TPSA) is 129 Å². The minimum atomic E-state index is -0.640. The van der Waals surface area contributed by atoms with Crippen LogP contribution in [0.4, 0.5) is 11.6 Å². The highest BCUT2D eigenvalue weighted by Gasteiger charge is 2.23. The second-order valence-electron chi connectivity index (χ2n) is 9.49. The molecule has 1 atom stereocenters. The van der Waals surface area contributed by atoms with Gasteiger partial charge in [0.25, 0.3) is 0 Å². The highest BCUT2D eigenvalue weighted by Crippen LogP contribution is 2.38. The van der Waals surface area contributed by atoms with E-state index in [1.54, 1.807) is 41.9 Å². The molecule has 1 aromatic carbocycles. The van der Waals surface area contributed by atoms with E-state index in [0.717, 1.165) is 76.4 Å². The van der Waals surface area contributed by atoms with Crippen molar-refractivity contribution in [1.29, 1.82) is 0 Å². The fourth-order valence-electron chi connectivity index (χ4n) is 5.01. The molecule has 0 spiro atoms. The minimum Gasteiger partial charge on any atom is -0.387 e. The first-order valence-electron chi connectivity index (χ1n) is 12.8. The third-order valence-electron chi connectivity index (χ3n) is 7.05. The SMILES string of the molecule is CCCc1cc(N2CCC(NCC(O)c3ccc(C(N)=O)cc3)CC2)nc2sc3c(NC)ncnc3c12. The Bertz CT molecular complexity index is 1400. The van der Waals surface area contributed by atoms with Crippen molar-refractivity contribution in [3.8, 4) is 0 Å². The zero-order chi connectivity index (χ0) is 25.9. The fraction of sp³-hybridized carbons (Fsp3) is 0.407. The molecule has 1 amide bonds. The van der Waals surface area contributed by atoms with Crippen molar-refractivity contribution in [3.05, 3.63) is 53.3 Å². The normalized spacial score (nSPS) is 15.4. The molecule has 3 aromatic heterocycles. The van der Waals surface area contributed by atoms with E-state index in [1.165, 1.54) is 5.56 Å². The standard InChI is InChI=1S/C27H33N7O2S/c1-3-4-18-13-21(33-27-22(18)23-24(37-27)26(29-2)32-15-31-23)34-11-9-19(10-12-34)30-14-20(35)16-5-7-17(8-6-16)25(28)36/h5-8,13,15,19-20,30,35H,3-4,9-12,14H2,1-2H3,(H2,28,36)(H,29,31,32). The molecular formula is C27H33N7O2S. The van der Waals surface area contributed by atoms with Crippen LogP contribution in [0, 0.1) is 0 Å². The average molecular weight is 520 g/mol. The number of hydrogen-bond acceptors (Lipinski definition) is 9. The molecule has 1 aliphatic rings. The van der Waals surface area contributed by atoms with Crippen LogP contribution < -0.4 is 21.3 Å². The van der Waals surface area contributed by atoms with Crippen LogP contribution in [0.25, 0.3) is 20.4 Å². The summed E-state index contributed by atoms with van der Waals surface area (Å²) >= 11 is 1.65. The Morgan fingerprint density at radius 2 is 2.00 bits per heavy atom. The first-order chi connectivity index (χ1) is 18.0. The van der Waals surface area contributed by atoms with Crippen molar-refractivity contribution in [2.75, 3.05) is 36.9 Å². The number of aryl methyl sites for hydroxylation is 1. The number of thiophene rings is 1. The number of aromatic nitrogens is 3. The van der Waals surface area contributed by atoms with Gasteiger partial charge in [0.2, 0.25) is 5.91 Å². The largest absolute Gasteiger partial charge is 0.387 e. The van der Waals surface area contributed by atoms with Crippen LogP contribution >= 0.6 is 11.3 Å². The monoisotopic (exact) mass is 519 g/mol. The molecular weight excluding hydrogens is 486 g/mol. The molecule has 0 aliphatic carbocycles. The van der Waals surface area contributed by atoms with Gasteiger partial charge in [0.05, 0.1) is 16.3 Å². The summed E-state index contributed by atoms with van der Waals surface area (Å²) in [5.74, 6) is 1.40. The molecule has 194 valence electrons. The number of nitrogens with zero attached hydrogens (tertiary/aromatic N) is 4. The van der Waals surface area contributed by atoms with Crippen LogP contribution in [0.15, 0.2) is 36.7 Å². The highest BCUT2D eigenvalue weighted by molar-refractivity contribution is 7.26. The van der Waals surface area contributed by atoms with Crippen molar-refractivity contribution < 1.29 is 9.90 Å². The lowest BCUT2D eigenvalue weighted by molar-refractivity contribution is 0.1000. The lowest BCUT2D eigenvalue weighted by Crippen LogP contribution is -2.44. The number of carbonyl (C=O) groups is 1. The quantitative estimate of drug-likeness (QED) is 0.264. The van der Waals surface area contributed by atoms with E-state index >= 15 is 0 Å². The number of rotatable bonds is 9. The smallest absolute Gasteiger partial charge is 0.248 e. The number of benzene rings is 1. The molecule has 0 radical (unpaired) electrons. The van der Waals surface area contributed by atoms with Gasteiger partial charge in [-0.2, -0.15) is 0 Å². The molecule has 37 heavy (non-hydrogen) atoms. The molecule has 5 rings (SSSR count). The third-order valence-corrected chi connectivity index (χ3v) is 8.13. The molecule has 1 saturated heterocycles. The Morgan fingerprint density at radius 1 is 1.24 bits per heavy atom. The summed E-state index contributed by atoms with van der Waals surface area (Å²) in [6.45, 7) is 4.46. The Hall–Kier alpha value is -3.34. The maximum atomic E-state index is 11.3. The van der Waals surface area contributed by atoms with Crippen molar-refractivity contribution in [2.24, 2.45) is 5.73 Å². The number of piperidine rings is 1. The summed E-state index contributed by atoms with van der Waals surface area (Å²) in [4.78, 5) is 28.7. The second kappa shape index (κ2) is 11.0. The lowest BCUT2D eigenvalue weighted by Gasteiger charge is -2.34. The van der Waals surface area contributed by atoms with Gasteiger partial charge < -0.3 is 26.4 Å². The highest BCUT2D eigenvalue weighted by atomic mass is 32.1. The maximum Gasteiger partial charge on any atom is 0.248 e. The lowest BCUT2D eigenvalue weighted by atomic mass is 10.0. The minimum absolute atomic E-state index is 0.326. The number of primary amides is 1. The number of hydrogen-bond donors (Lipinski definition) is 4. The summed E-state index contributed by atoms with van der Waals surface area (Å²) in [6.07, 6.45) is 4.95.